The minimum absolute atomic E-state index is 0.699. The summed E-state index contributed by atoms with van der Waals surface area (Å²) < 4.78 is 3.08. The first-order chi connectivity index (χ1) is 10.6. The van der Waals surface area contributed by atoms with Gasteiger partial charge in [-0.2, -0.15) is 0 Å². The summed E-state index contributed by atoms with van der Waals surface area (Å²) in [5.41, 5.74) is 2.22. The van der Waals surface area contributed by atoms with Gasteiger partial charge in [-0.15, -0.1) is 10.2 Å². The third-order valence-corrected chi connectivity index (χ3v) is 5.05. The highest BCUT2D eigenvalue weighted by Gasteiger charge is 2.11. The molecule has 0 unspecified atom stereocenters. The van der Waals surface area contributed by atoms with E-state index < -0.39 is 0 Å². The third kappa shape index (κ3) is 3.54. The van der Waals surface area contributed by atoms with Crippen molar-refractivity contribution in [3.05, 3.63) is 63.6 Å². The maximum atomic E-state index is 6.04. The summed E-state index contributed by atoms with van der Waals surface area (Å²) >= 11 is 11.2. The number of benzene rings is 2. The molecule has 0 saturated carbocycles. The van der Waals surface area contributed by atoms with Gasteiger partial charge in [-0.1, -0.05) is 63.6 Å². The molecular weight excluding hydrogens is 382 g/mol. The van der Waals surface area contributed by atoms with Gasteiger partial charge in [0.2, 0.25) is 0 Å². The van der Waals surface area contributed by atoms with Crippen LogP contribution in [0.3, 0.4) is 0 Å². The summed E-state index contributed by atoms with van der Waals surface area (Å²) in [4.78, 5) is 0. The van der Waals surface area contributed by atoms with Crippen LogP contribution in [0.4, 0.5) is 0 Å². The Kier molecular flexibility index (Phi) is 4.86. The monoisotopic (exact) mass is 393 g/mol. The molecule has 0 fully saturated rings. The van der Waals surface area contributed by atoms with Gasteiger partial charge in [0.15, 0.2) is 11.0 Å². The van der Waals surface area contributed by atoms with Crippen molar-refractivity contribution in [2.24, 2.45) is 7.05 Å². The number of hydrogen-bond donors (Lipinski definition) is 0. The molecule has 6 heteroatoms. The van der Waals surface area contributed by atoms with Crippen LogP contribution in [0.1, 0.15) is 5.56 Å². The van der Waals surface area contributed by atoms with Crippen molar-refractivity contribution in [2.75, 3.05) is 0 Å². The summed E-state index contributed by atoms with van der Waals surface area (Å²) in [6, 6.07) is 15.9. The van der Waals surface area contributed by atoms with Gasteiger partial charge in [0.1, 0.15) is 0 Å². The number of hydrogen-bond acceptors (Lipinski definition) is 3. The van der Waals surface area contributed by atoms with Crippen molar-refractivity contribution >= 4 is 39.3 Å². The van der Waals surface area contributed by atoms with Gasteiger partial charge in [-0.25, -0.2) is 0 Å². The molecule has 22 heavy (non-hydrogen) atoms. The van der Waals surface area contributed by atoms with E-state index in [1.165, 1.54) is 5.56 Å². The minimum Gasteiger partial charge on any atom is -0.305 e. The van der Waals surface area contributed by atoms with Crippen molar-refractivity contribution in [3.8, 4) is 11.4 Å². The minimum atomic E-state index is 0.699. The summed E-state index contributed by atoms with van der Waals surface area (Å²) in [7, 11) is 1.97. The molecule has 3 aromatic rings. The number of rotatable bonds is 4. The lowest BCUT2D eigenvalue weighted by atomic mass is 10.2. The van der Waals surface area contributed by atoms with Crippen LogP contribution in [0.2, 0.25) is 5.02 Å². The van der Waals surface area contributed by atoms with Crippen LogP contribution in [0.15, 0.2) is 58.2 Å². The van der Waals surface area contributed by atoms with E-state index in [4.69, 9.17) is 11.6 Å². The van der Waals surface area contributed by atoms with Gasteiger partial charge in [0.25, 0.3) is 0 Å². The highest BCUT2D eigenvalue weighted by molar-refractivity contribution is 9.10. The molecule has 0 atom stereocenters. The molecule has 1 heterocycles. The second-order valence-electron chi connectivity index (χ2n) is 4.79. The Hall–Kier alpha value is -1.30. The molecule has 3 rings (SSSR count). The topological polar surface area (TPSA) is 30.7 Å². The first-order valence-corrected chi connectivity index (χ1v) is 8.82. The second kappa shape index (κ2) is 6.86. The molecule has 112 valence electrons. The lowest BCUT2D eigenvalue weighted by molar-refractivity contribution is 0.794. The predicted molar refractivity (Wildman–Crippen MR) is 95.2 cm³/mol. The Balaban J connectivity index is 1.77. The lowest BCUT2D eigenvalue weighted by Crippen LogP contribution is -1.95. The van der Waals surface area contributed by atoms with Gasteiger partial charge < -0.3 is 4.57 Å². The van der Waals surface area contributed by atoms with Gasteiger partial charge in [0.05, 0.1) is 0 Å². The predicted octanol–water partition coefficient (Wildman–Crippen LogP) is 5.19. The summed E-state index contributed by atoms with van der Waals surface area (Å²) in [5, 5.41) is 10.1. The molecule has 0 saturated heterocycles. The van der Waals surface area contributed by atoms with Crippen LogP contribution in [-0.4, -0.2) is 14.8 Å². The van der Waals surface area contributed by atoms with Crippen LogP contribution in [-0.2, 0) is 12.8 Å². The van der Waals surface area contributed by atoms with E-state index in [0.717, 1.165) is 26.8 Å². The fraction of sp³-hybridized carbons (Fsp3) is 0.125. The van der Waals surface area contributed by atoms with Gasteiger partial charge in [-0.05, 0) is 29.8 Å². The number of aromatic nitrogens is 3. The number of nitrogens with zero attached hydrogens (tertiary/aromatic N) is 3. The van der Waals surface area contributed by atoms with Gasteiger partial charge in [0, 0.05) is 27.9 Å². The van der Waals surface area contributed by atoms with Crippen molar-refractivity contribution in [2.45, 2.75) is 10.9 Å². The van der Waals surface area contributed by atoms with E-state index in [0.29, 0.717) is 5.02 Å². The Bertz CT molecular complexity index is 786. The first kappa shape index (κ1) is 15.6. The summed E-state index contributed by atoms with van der Waals surface area (Å²) in [6.45, 7) is 0. The maximum Gasteiger partial charge on any atom is 0.191 e. The van der Waals surface area contributed by atoms with E-state index >= 15 is 0 Å². The average Bonchev–Trinajstić information content (AvgIpc) is 2.88. The molecule has 0 N–H and O–H groups in total. The molecule has 0 aliphatic rings. The van der Waals surface area contributed by atoms with E-state index in [1.807, 2.05) is 48.0 Å². The standard InChI is InChI=1S/C16H13BrClN3S/c1-21-15(12-3-2-4-14(18)9-12)19-20-16(21)22-10-11-5-7-13(17)8-6-11/h2-9H,10H2,1H3. The zero-order valence-electron chi connectivity index (χ0n) is 11.8. The van der Waals surface area contributed by atoms with Crippen LogP contribution >= 0.6 is 39.3 Å². The van der Waals surface area contributed by atoms with Gasteiger partial charge in [-0.3, -0.25) is 0 Å². The Morgan fingerprint density at radius 3 is 2.64 bits per heavy atom. The molecule has 0 amide bonds. The van der Waals surface area contributed by atoms with E-state index in [-0.39, 0.29) is 0 Å². The second-order valence-corrected chi connectivity index (χ2v) is 7.09. The summed E-state index contributed by atoms with van der Waals surface area (Å²) in [6.07, 6.45) is 0. The molecule has 0 spiro atoms. The van der Waals surface area contributed by atoms with Crippen molar-refractivity contribution in [3.63, 3.8) is 0 Å². The zero-order chi connectivity index (χ0) is 15.5. The molecule has 0 bridgehead atoms. The summed E-state index contributed by atoms with van der Waals surface area (Å²) in [5.74, 6) is 1.68. The van der Waals surface area contributed by atoms with Crippen molar-refractivity contribution < 1.29 is 0 Å². The molecule has 2 aromatic carbocycles. The van der Waals surface area contributed by atoms with E-state index in [2.05, 4.69) is 38.3 Å². The number of thioether (sulfide) groups is 1. The first-order valence-electron chi connectivity index (χ1n) is 6.66. The van der Waals surface area contributed by atoms with Crippen LogP contribution in [0, 0.1) is 0 Å². The van der Waals surface area contributed by atoms with Crippen LogP contribution < -0.4 is 0 Å². The Morgan fingerprint density at radius 1 is 1.14 bits per heavy atom. The molecule has 0 aliphatic carbocycles. The van der Waals surface area contributed by atoms with Crippen molar-refractivity contribution in [1.82, 2.24) is 14.8 Å². The number of halogens is 2. The van der Waals surface area contributed by atoms with Crippen LogP contribution in [0.5, 0.6) is 0 Å². The van der Waals surface area contributed by atoms with Gasteiger partial charge >= 0.3 is 0 Å². The van der Waals surface area contributed by atoms with E-state index in [9.17, 15) is 0 Å². The SMILES string of the molecule is Cn1c(SCc2ccc(Br)cc2)nnc1-c1cccc(Cl)c1. The largest absolute Gasteiger partial charge is 0.305 e. The molecule has 0 radical (unpaired) electrons. The molecular formula is C16H13BrClN3S. The molecule has 0 aliphatic heterocycles. The Morgan fingerprint density at radius 2 is 1.91 bits per heavy atom. The van der Waals surface area contributed by atoms with Crippen molar-refractivity contribution in [1.29, 1.82) is 0 Å². The molecule has 3 nitrogen and oxygen atoms in total. The van der Waals surface area contributed by atoms with Crippen LogP contribution in [0.25, 0.3) is 11.4 Å². The highest BCUT2D eigenvalue weighted by Crippen LogP contribution is 2.26. The zero-order valence-corrected chi connectivity index (χ0v) is 15.0. The highest BCUT2D eigenvalue weighted by atomic mass is 79.9. The Labute approximate surface area is 146 Å². The fourth-order valence-corrected chi connectivity index (χ4v) is 3.37. The maximum absolute atomic E-state index is 6.04. The third-order valence-electron chi connectivity index (χ3n) is 3.20. The lowest BCUT2D eigenvalue weighted by Gasteiger charge is -2.04. The average molecular weight is 395 g/mol. The molecule has 1 aromatic heterocycles. The van der Waals surface area contributed by atoms with E-state index in [1.54, 1.807) is 11.8 Å². The normalized spacial score (nSPS) is 10.9. The quantitative estimate of drug-likeness (QED) is 0.570. The smallest absolute Gasteiger partial charge is 0.191 e. The fourth-order valence-electron chi connectivity index (χ4n) is 2.05.